The average Bonchev–Trinajstić information content (AvgIpc) is 3.00. The number of hydrogen-bond acceptors (Lipinski definition) is 7. The molecular formula is C17H24N8O. The smallest absolute Gasteiger partial charge is 0.254 e. The molecule has 1 amide bonds. The third kappa shape index (κ3) is 5.13. The van der Waals surface area contributed by atoms with Gasteiger partial charge in [0.25, 0.3) is 5.91 Å². The monoisotopic (exact) mass is 356 g/mol. The first-order valence-corrected chi connectivity index (χ1v) is 8.08. The van der Waals surface area contributed by atoms with Crippen LogP contribution < -0.4 is 16.5 Å². The topological polar surface area (TPSA) is 123 Å². The Hall–Kier alpha value is -3.23. The zero-order chi connectivity index (χ0) is 19.3. The van der Waals surface area contributed by atoms with Gasteiger partial charge >= 0.3 is 0 Å². The number of amides is 1. The number of rotatable bonds is 7. The van der Waals surface area contributed by atoms with Crippen molar-refractivity contribution in [2.75, 3.05) is 10.7 Å². The standard InChI is InChI=1S/C17H24N8O/c1-11(2)6-7-20-24-15-13(14(18)26)9-19-16(23-15)22-12-8-21-25(10-12)17(3,4)5/h7-10H,1,6H2,2-5H3,(H2,18,26)(H2,19,22,23,24)/b20-7+. The Morgan fingerprint density at radius 2 is 2.15 bits per heavy atom. The summed E-state index contributed by atoms with van der Waals surface area (Å²) < 4.78 is 1.83. The van der Waals surface area contributed by atoms with Gasteiger partial charge < -0.3 is 11.1 Å². The van der Waals surface area contributed by atoms with Crippen LogP contribution in [0.4, 0.5) is 17.5 Å². The van der Waals surface area contributed by atoms with Crippen LogP contribution in [0.15, 0.2) is 35.8 Å². The second-order valence-electron chi connectivity index (χ2n) is 6.87. The SMILES string of the molecule is C=C(C)C/C=N/Nc1nc(Nc2cnn(C(C)(C)C)c2)ncc1C(N)=O. The van der Waals surface area contributed by atoms with Gasteiger partial charge in [-0.15, -0.1) is 0 Å². The van der Waals surface area contributed by atoms with E-state index in [1.807, 2.05) is 38.6 Å². The molecule has 2 aromatic rings. The Morgan fingerprint density at radius 1 is 1.42 bits per heavy atom. The minimum Gasteiger partial charge on any atom is -0.365 e. The van der Waals surface area contributed by atoms with Crippen LogP contribution in [-0.4, -0.2) is 31.9 Å². The van der Waals surface area contributed by atoms with Crippen LogP contribution in [0.1, 0.15) is 44.5 Å². The van der Waals surface area contributed by atoms with E-state index in [9.17, 15) is 4.79 Å². The van der Waals surface area contributed by atoms with Gasteiger partial charge in [-0.05, 0) is 27.7 Å². The molecule has 0 aliphatic rings. The van der Waals surface area contributed by atoms with Gasteiger partial charge in [-0.3, -0.25) is 14.9 Å². The van der Waals surface area contributed by atoms with E-state index in [1.54, 1.807) is 12.4 Å². The van der Waals surface area contributed by atoms with E-state index in [-0.39, 0.29) is 16.9 Å². The molecule has 2 heterocycles. The van der Waals surface area contributed by atoms with Gasteiger partial charge in [-0.1, -0.05) is 12.2 Å². The van der Waals surface area contributed by atoms with E-state index in [0.717, 1.165) is 11.3 Å². The summed E-state index contributed by atoms with van der Waals surface area (Å²) in [5, 5.41) is 11.4. The summed E-state index contributed by atoms with van der Waals surface area (Å²) in [7, 11) is 0. The third-order valence-electron chi connectivity index (χ3n) is 3.28. The number of anilines is 3. The first-order valence-electron chi connectivity index (χ1n) is 8.08. The highest BCUT2D eigenvalue weighted by molar-refractivity contribution is 5.97. The molecule has 0 aliphatic heterocycles. The van der Waals surface area contributed by atoms with E-state index in [0.29, 0.717) is 12.4 Å². The molecule has 0 atom stereocenters. The Morgan fingerprint density at radius 3 is 2.73 bits per heavy atom. The van der Waals surface area contributed by atoms with Crippen LogP contribution in [0, 0.1) is 0 Å². The molecule has 4 N–H and O–H groups in total. The van der Waals surface area contributed by atoms with Crippen molar-refractivity contribution >= 4 is 29.6 Å². The number of allylic oxidation sites excluding steroid dienone is 1. The number of primary amides is 1. The predicted molar refractivity (Wildman–Crippen MR) is 103 cm³/mol. The minimum atomic E-state index is -0.644. The van der Waals surface area contributed by atoms with Crippen molar-refractivity contribution in [2.24, 2.45) is 10.8 Å². The molecule has 2 aromatic heterocycles. The van der Waals surface area contributed by atoms with E-state index in [2.05, 4.69) is 37.5 Å². The van der Waals surface area contributed by atoms with Crippen molar-refractivity contribution in [3.05, 3.63) is 36.3 Å². The van der Waals surface area contributed by atoms with Gasteiger partial charge in [-0.2, -0.15) is 15.2 Å². The molecule has 0 radical (unpaired) electrons. The van der Waals surface area contributed by atoms with Gasteiger partial charge in [-0.25, -0.2) is 4.98 Å². The van der Waals surface area contributed by atoms with E-state index in [4.69, 9.17) is 5.73 Å². The summed E-state index contributed by atoms with van der Waals surface area (Å²) in [5.41, 5.74) is 9.78. The maximum absolute atomic E-state index is 11.5. The van der Waals surface area contributed by atoms with Crippen LogP contribution in [-0.2, 0) is 5.54 Å². The van der Waals surface area contributed by atoms with Crippen molar-refractivity contribution in [1.82, 2.24) is 19.7 Å². The fourth-order valence-electron chi connectivity index (χ4n) is 1.90. The quantitative estimate of drug-likeness (QED) is 0.398. The predicted octanol–water partition coefficient (Wildman–Crippen LogP) is 2.63. The maximum atomic E-state index is 11.5. The van der Waals surface area contributed by atoms with Crippen LogP contribution in [0.2, 0.25) is 0 Å². The van der Waals surface area contributed by atoms with Gasteiger partial charge in [0.05, 0.1) is 17.4 Å². The highest BCUT2D eigenvalue weighted by Gasteiger charge is 2.15. The first-order chi connectivity index (χ1) is 12.2. The lowest BCUT2D eigenvalue weighted by Gasteiger charge is -2.18. The van der Waals surface area contributed by atoms with Crippen molar-refractivity contribution in [3.63, 3.8) is 0 Å². The lowest BCUT2D eigenvalue weighted by atomic mass is 10.1. The number of nitrogens with one attached hydrogen (secondary N) is 2. The Kier molecular flexibility index (Phi) is 5.71. The van der Waals surface area contributed by atoms with E-state index >= 15 is 0 Å². The number of aromatic nitrogens is 4. The number of hydrogen-bond donors (Lipinski definition) is 3. The molecule has 0 spiro atoms. The van der Waals surface area contributed by atoms with Gasteiger partial charge in [0.2, 0.25) is 5.95 Å². The largest absolute Gasteiger partial charge is 0.365 e. The second kappa shape index (κ2) is 7.77. The van der Waals surface area contributed by atoms with Crippen LogP contribution in [0.3, 0.4) is 0 Å². The number of nitrogens with two attached hydrogens (primary N) is 1. The molecule has 0 saturated carbocycles. The van der Waals surface area contributed by atoms with Crippen LogP contribution in [0.5, 0.6) is 0 Å². The molecule has 9 nitrogen and oxygen atoms in total. The number of nitrogens with zero attached hydrogens (tertiary/aromatic N) is 5. The molecule has 138 valence electrons. The van der Waals surface area contributed by atoms with Gasteiger partial charge in [0.15, 0.2) is 5.82 Å². The maximum Gasteiger partial charge on any atom is 0.254 e. The summed E-state index contributed by atoms with van der Waals surface area (Å²) in [6.45, 7) is 11.8. The number of carbonyl (C=O) groups excluding carboxylic acids is 1. The molecular weight excluding hydrogens is 332 g/mol. The average molecular weight is 356 g/mol. The first kappa shape index (κ1) is 19.1. The fourth-order valence-corrected chi connectivity index (χ4v) is 1.90. The molecule has 9 heteroatoms. The molecule has 0 unspecified atom stereocenters. The van der Waals surface area contributed by atoms with Gasteiger partial charge in [0, 0.05) is 25.0 Å². The summed E-state index contributed by atoms with van der Waals surface area (Å²) in [4.78, 5) is 19.9. The fraction of sp³-hybridized carbons (Fsp3) is 0.353. The zero-order valence-electron chi connectivity index (χ0n) is 15.4. The zero-order valence-corrected chi connectivity index (χ0v) is 15.4. The van der Waals surface area contributed by atoms with Crippen molar-refractivity contribution < 1.29 is 4.79 Å². The molecule has 0 fully saturated rings. The molecule has 0 aliphatic carbocycles. The molecule has 2 rings (SSSR count). The van der Waals surface area contributed by atoms with Crippen molar-refractivity contribution in [2.45, 2.75) is 39.7 Å². The highest BCUT2D eigenvalue weighted by Crippen LogP contribution is 2.20. The summed E-state index contributed by atoms with van der Waals surface area (Å²) in [5.74, 6) is -0.132. The van der Waals surface area contributed by atoms with E-state index in [1.165, 1.54) is 6.20 Å². The summed E-state index contributed by atoms with van der Waals surface area (Å²) in [6.07, 6.45) is 7.12. The normalized spacial score (nSPS) is 11.5. The minimum absolute atomic E-state index is 0.138. The highest BCUT2D eigenvalue weighted by atomic mass is 16.1. The summed E-state index contributed by atoms with van der Waals surface area (Å²) in [6, 6.07) is 0. The van der Waals surface area contributed by atoms with E-state index < -0.39 is 5.91 Å². The van der Waals surface area contributed by atoms with Crippen molar-refractivity contribution in [3.8, 4) is 0 Å². The Bertz CT molecular complexity index is 832. The van der Waals surface area contributed by atoms with Crippen molar-refractivity contribution in [1.29, 1.82) is 0 Å². The third-order valence-corrected chi connectivity index (χ3v) is 3.28. The Labute approximate surface area is 152 Å². The second-order valence-corrected chi connectivity index (χ2v) is 6.87. The van der Waals surface area contributed by atoms with Crippen LogP contribution in [0.25, 0.3) is 0 Å². The molecule has 0 aromatic carbocycles. The summed E-state index contributed by atoms with van der Waals surface area (Å²) >= 11 is 0. The molecule has 0 bridgehead atoms. The lowest BCUT2D eigenvalue weighted by molar-refractivity contribution is 0.100. The molecule has 0 saturated heterocycles. The number of carbonyl (C=O) groups is 1. The van der Waals surface area contributed by atoms with Gasteiger partial charge in [0.1, 0.15) is 5.56 Å². The Balaban J connectivity index is 2.20. The lowest BCUT2D eigenvalue weighted by Crippen LogP contribution is -2.21. The molecule has 26 heavy (non-hydrogen) atoms. The van der Waals surface area contributed by atoms with Crippen LogP contribution >= 0.6 is 0 Å². The number of hydrazone groups is 1.